The average molecular weight is 400 g/mol. The van der Waals surface area contributed by atoms with Gasteiger partial charge in [-0.15, -0.1) is 0 Å². The lowest BCUT2D eigenvalue weighted by molar-refractivity contribution is -0.123. The number of carbonyl (C=O) groups is 2. The van der Waals surface area contributed by atoms with Crippen molar-refractivity contribution in [1.82, 2.24) is 0 Å². The highest BCUT2D eigenvalue weighted by atomic mass is 79.9. The second kappa shape index (κ2) is 10.3. The Kier molecular flexibility index (Phi) is 8.82. The molecule has 1 aromatic rings. The molecule has 0 saturated heterocycles. The Morgan fingerprint density at radius 3 is 1.92 bits per heavy atom. The fourth-order valence-corrected chi connectivity index (χ4v) is 1.97. The summed E-state index contributed by atoms with van der Waals surface area (Å²) in [5, 5.41) is 2.89. The highest BCUT2D eigenvalue weighted by Crippen LogP contribution is 2.27. The number of benzene rings is 1. The van der Waals surface area contributed by atoms with E-state index >= 15 is 0 Å². The van der Waals surface area contributed by atoms with Gasteiger partial charge in [-0.3, -0.25) is 9.59 Å². The summed E-state index contributed by atoms with van der Waals surface area (Å²) >= 11 is 3.05. The summed E-state index contributed by atoms with van der Waals surface area (Å²) in [7, 11) is 0. The van der Waals surface area contributed by atoms with E-state index in [-0.39, 0.29) is 23.4 Å². The number of ketones is 1. The van der Waals surface area contributed by atoms with Gasteiger partial charge in [-0.05, 0) is 11.8 Å². The number of Topliss-reactive ketones (excluding diaryl/α,β-unsaturated/α-hetero) is 1. The summed E-state index contributed by atoms with van der Waals surface area (Å²) in [6.45, 7) is 9.40. The Morgan fingerprint density at radius 2 is 1.50 bits per heavy atom. The smallest absolute Gasteiger partial charge is 0.231 e. The van der Waals surface area contributed by atoms with Crippen molar-refractivity contribution in [2.24, 2.45) is 11.8 Å². The third kappa shape index (κ3) is 8.34. The van der Waals surface area contributed by atoms with E-state index in [1.807, 2.05) is 6.07 Å². The Bertz CT molecular complexity index is 528. The molecule has 0 saturated carbocycles. The van der Waals surface area contributed by atoms with Crippen LogP contribution in [0.4, 0.5) is 5.69 Å². The lowest BCUT2D eigenvalue weighted by atomic mass is 10.2. The van der Waals surface area contributed by atoms with E-state index in [0.717, 1.165) is 0 Å². The van der Waals surface area contributed by atoms with Gasteiger partial charge in [0.1, 0.15) is 11.5 Å². The van der Waals surface area contributed by atoms with Crippen LogP contribution in [0.5, 0.6) is 11.5 Å². The summed E-state index contributed by atoms with van der Waals surface area (Å²) < 4.78 is 11.5. The summed E-state index contributed by atoms with van der Waals surface area (Å²) in [5.74, 6) is 1.52. The van der Waals surface area contributed by atoms with Gasteiger partial charge in [-0.1, -0.05) is 43.6 Å². The molecule has 1 N–H and O–H groups in total. The van der Waals surface area contributed by atoms with Gasteiger partial charge < -0.3 is 14.8 Å². The van der Waals surface area contributed by atoms with Crippen molar-refractivity contribution in [3.63, 3.8) is 0 Å². The monoisotopic (exact) mass is 399 g/mol. The molecule has 0 aromatic heterocycles. The van der Waals surface area contributed by atoms with Gasteiger partial charge in [0.05, 0.1) is 25.0 Å². The first-order chi connectivity index (χ1) is 11.3. The maximum atomic E-state index is 11.9. The van der Waals surface area contributed by atoms with Gasteiger partial charge in [0, 0.05) is 23.9 Å². The van der Waals surface area contributed by atoms with Crippen LogP contribution < -0.4 is 14.8 Å². The molecular weight excluding hydrogens is 374 g/mol. The second-order valence-electron chi connectivity index (χ2n) is 6.50. The molecule has 0 spiro atoms. The van der Waals surface area contributed by atoms with Gasteiger partial charge in [0.15, 0.2) is 5.78 Å². The Morgan fingerprint density at radius 1 is 1.00 bits per heavy atom. The molecule has 24 heavy (non-hydrogen) atoms. The first kappa shape index (κ1) is 20.5. The molecule has 0 unspecified atom stereocenters. The molecule has 1 aromatic carbocycles. The number of carbonyl (C=O) groups excluding carboxylic acids is 2. The minimum absolute atomic E-state index is 0.162. The van der Waals surface area contributed by atoms with Gasteiger partial charge in [-0.25, -0.2) is 0 Å². The second-order valence-corrected chi connectivity index (χ2v) is 7.06. The van der Waals surface area contributed by atoms with Crippen molar-refractivity contribution < 1.29 is 19.1 Å². The largest absolute Gasteiger partial charge is 0.493 e. The molecule has 5 nitrogen and oxygen atoms in total. The van der Waals surface area contributed by atoms with Gasteiger partial charge >= 0.3 is 0 Å². The number of anilines is 1. The number of hydrogen-bond donors (Lipinski definition) is 1. The molecule has 1 amide bonds. The zero-order chi connectivity index (χ0) is 18.1. The summed E-state index contributed by atoms with van der Waals surface area (Å²) in [6.07, 6.45) is -0.162. The van der Waals surface area contributed by atoms with Crippen LogP contribution in [-0.2, 0) is 9.59 Å². The number of hydrogen-bond acceptors (Lipinski definition) is 4. The van der Waals surface area contributed by atoms with E-state index in [4.69, 9.17) is 9.47 Å². The van der Waals surface area contributed by atoms with Crippen LogP contribution in [0.2, 0.25) is 0 Å². The molecule has 0 aliphatic carbocycles. The quantitative estimate of drug-likeness (QED) is 0.476. The number of alkyl halides is 1. The van der Waals surface area contributed by atoms with Crippen LogP contribution in [0.3, 0.4) is 0 Å². The highest BCUT2D eigenvalue weighted by molar-refractivity contribution is 9.09. The summed E-state index contributed by atoms with van der Waals surface area (Å²) in [4.78, 5) is 23.2. The highest BCUT2D eigenvalue weighted by Gasteiger charge is 2.11. The molecule has 0 atom stereocenters. The van der Waals surface area contributed by atoms with E-state index in [0.29, 0.717) is 42.2 Å². The lowest BCUT2D eigenvalue weighted by Crippen LogP contribution is -2.17. The molecule has 0 heterocycles. The number of ether oxygens (including phenoxy) is 2. The van der Waals surface area contributed by atoms with Crippen LogP contribution in [0.15, 0.2) is 18.2 Å². The molecule has 1 rings (SSSR count). The van der Waals surface area contributed by atoms with Crippen LogP contribution in [0.1, 0.15) is 34.1 Å². The molecule has 0 fully saturated rings. The lowest BCUT2D eigenvalue weighted by Gasteiger charge is -2.15. The van der Waals surface area contributed by atoms with Crippen molar-refractivity contribution in [3.8, 4) is 11.5 Å². The predicted molar refractivity (Wildman–Crippen MR) is 99.2 cm³/mol. The van der Waals surface area contributed by atoms with Crippen LogP contribution in [0, 0.1) is 11.8 Å². The van der Waals surface area contributed by atoms with Crippen molar-refractivity contribution in [3.05, 3.63) is 18.2 Å². The molecule has 134 valence electrons. The fraction of sp³-hybridized carbons (Fsp3) is 0.556. The maximum Gasteiger partial charge on any atom is 0.231 e. The number of halogens is 1. The Balaban J connectivity index is 2.86. The van der Waals surface area contributed by atoms with Crippen molar-refractivity contribution in [2.45, 2.75) is 34.1 Å². The fourth-order valence-electron chi connectivity index (χ4n) is 1.77. The number of rotatable bonds is 10. The number of nitrogens with one attached hydrogen (secondary N) is 1. The standard InChI is InChI=1S/C18H26BrNO4/c1-12(2)10-23-16-5-14(20-18(22)7-15(21)9-19)6-17(8-16)24-11-13(3)4/h5-6,8,12-13H,7,9-11H2,1-4H3,(H,20,22). The zero-order valence-corrected chi connectivity index (χ0v) is 16.3. The first-order valence-electron chi connectivity index (χ1n) is 8.08. The topological polar surface area (TPSA) is 64.6 Å². The molecule has 6 heteroatoms. The van der Waals surface area contributed by atoms with Crippen LogP contribution in [-0.4, -0.2) is 30.2 Å². The minimum Gasteiger partial charge on any atom is -0.493 e. The van der Waals surface area contributed by atoms with E-state index in [9.17, 15) is 9.59 Å². The Labute approximate surface area is 152 Å². The van der Waals surface area contributed by atoms with Crippen LogP contribution >= 0.6 is 15.9 Å². The normalized spacial score (nSPS) is 10.8. The van der Waals surface area contributed by atoms with Gasteiger partial charge in [-0.2, -0.15) is 0 Å². The van der Waals surface area contributed by atoms with Crippen molar-refractivity contribution in [2.75, 3.05) is 23.9 Å². The molecule has 0 bridgehead atoms. The molecule has 0 aliphatic rings. The Hall–Kier alpha value is -1.56. The summed E-state index contributed by atoms with van der Waals surface area (Å²) in [5.41, 5.74) is 0.558. The third-order valence-electron chi connectivity index (χ3n) is 2.84. The minimum atomic E-state index is -0.352. The maximum absolute atomic E-state index is 11.9. The SMILES string of the molecule is CC(C)COc1cc(NC(=O)CC(=O)CBr)cc(OCC(C)C)c1. The van der Waals surface area contributed by atoms with E-state index in [1.165, 1.54) is 0 Å². The molecular formula is C18H26BrNO4. The molecule has 0 radical (unpaired) electrons. The molecule has 0 aliphatic heterocycles. The third-order valence-corrected chi connectivity index (χ3v) is 3.46. The number of amides is 1. The van der Waals surface area contributed by atoms with E-state index in [1.54, 1.807) is 12.1 Å². The van der Waals surface area contributed by atoms with Crippen molar-refractivity contribution >= 4 is 33.3 Å². The van der Waals surface area contributed by atoms with Crippen LogP contribution in [0.25, 0.3) is 0 Å². The van der Waals surface area contributed by atoms with E-state index < -0.39 is 0 Å². The summed E-state index contributed by atoms with van der Waals surface area (Å²) in [6, 6.07) is 5.28. The first-order valence-corrected chi connectivity index (χ1v) is 9.20. The van der Waals surface area contributed by atoms with E-state index in [2.05, 4.69) is 48.9 Å². The predicted octanol–water partition coefficient (Wildman–Crippen LogP) is 4.05. The van der Waals surface area contributed by atoms with Gasteiger partial charge in [0.25, 0.3) is 0 Å². The van der Waals surface area contributed by atoms with Gasteiger partial charge in [0.2, 0.25) is 5.91 Å². The zero-order valence-electron chi connectivity index (χ0n) is 14.7. The van der Waals surface area contributed by atoms with Crippen molar-refractivity contribution in [1.29, 1.82) is 0 Å². The average Bonchev–Trinajstić information content (AvgIpc) is 2.50.